The van der Waals surface area contributed by atoms with E-state index in [-0.39, 0.29) is 6.04 Å². The van der Waals surface area contributed by atoms with Crippen molar-refractivity contribution in [3.05, 3.63) is 23.7 Å². The second-order valence-electron chi connectivity index (χ2n) is 3.31. The molecule has 1 atom stereocenters. The van der Waals surface area contributed by atoms with Crippen molar-refractivity contribution in [2.75, 3.05) is 0 Å². The Balaban J connectivity index is 2.14. The first-order chi connectivity index (χ1) is 5.27. The highest BCUT2D eigenvalue weighted by atomic mass is 16.3. The summed E-state index contributed by atoms with van der Waals surface area (Å²) in [5.74, 6) is 2.58. The van der Waals surface area contributed by atoms with Gasteiger partial charge in [0.1, 0.15) is 11.5 Å². The van der Waals surface area contributed by atoms with Crippen LogP contribution < -0.4 is 5.73 Å². The van der Waals surface area contributed by atoms with Crippen LogP contribution in [0.3, 0.4) is 0 Å². The summed E-state index contributed by atoms with van der Waals surface area (Å²) in [5.41, 5.74) is 5.92. The van der Waals surface area contributed by atoms with Crippen LogP contribution in [0, 0.1) is 12.8 Å². The molecule has 2 heteroatoms. The van der Waals surface area contributed by atoms with Gasteiger partial charge >= 0.3 is 0 Å². The van der Waals surface area contributed by atoms with Crippen LogP contribution in [0.4, 0.5) is 0 Å². The first-order valence-electron chi connectivity index (χ1n) is 4.09. The van der Waals surface area contributed by atoms with Gasteiger partial charge in [0.25, 0.3) is 0 Å². The minimum atomic E-state index is 0.142. The van der Waals surface area contributed by atoms with E-state index < -0.39 is 0 Å². The van der Waals surface area contributed by atoms with E-state index in [0.717, 1.165) is 11.5 Å². The predicted molar refractivity (Wildman–Crippen MR) is 43.1 cm³/mol. The molecule has 0 saturated heterocycles. The van der Waals surface area contributed by atoms with Gasteiger partial charge in [0, 0.05) is 0 Å². The molecule has 0 bridgehead atoms. The molecule has 2 rings (SSSR count). The van der Waals surface area contributed by atoms with Crippen molar-refractivity contribution >= 4 is 0 Å². The fourth-order valence-corrected chi connectivity index (χ4v) is 1.32. The molecule has 0 amide bonds. The van der Waals surface area contributed by atoms with E-state index in [0.29, 0.717) is 5.92 Å². The fourth-order valence-electron chi connectivity index (χ4n) is 1.32. The smallest absolute Gasteiger partial charge is 0.121 e. The van der Waals surface area contributed by atoms with Crippen LogP contribution in [0.15, 0.2) is 16.5 Å². The standard InChI is InChI=1S/C9H13NO/c1-6-2-5-8(11-6)9(10)7-3-4-7/h2,5,7,9H,3-4,10H2,1H3/t9-/m0/s1. The van der Waals surface area contributed by atoms with Gasteiger partial charge in [-0.2, -0.15) is 0 Å². The molecule has 2 nitrogen and oxygen atoms in total. The molecule has 0 spiro atoms. The van der Waals surface area contributed by atoms with Crippen molar-refractivity contribution in [2.24, 2.45) is 11.7 Å². The van der Waals surface area contributed by atoms with E-state index in [1.807, 2.05) is 19.1 Å². The van der Waals surface area contributed by atoms with Gasteiger partial charge in [0.05, 0.1) is 6.04 Å². The van der Waals surface area contributed by atoms with Gasteiger partial charge in [-0.05, 0) is 37.8 Å². The van der Waals surface area contributed by atoms with Crippen LogP contribution in [0.1, 0.15) is 30.4 Å². The number of hydrogen-bond donors (Lipinski definition) is 1. The number of hydrogen-bond acceptors (Lipinski definition) is 2. The lowest BCUT2D eigenvalue weighted by molar-refractivity contribution is 0.426. The van der Waals surface area contributed by atoms with Crippen LogP contribution in [-0.2, 0) is 0 Å². The molecule has 0 aromatic carbocycles. The summed E-state index contributed by atoms with van der Waals surface area (Å²) in [4.78, 5) is 0. The highest BCUT2D eigenvalue weighted by molar-refractivity contribution is 5.11. The number of aryl methyl sites for hydroxylation is 1. The quantitative estimate of drug-likeness (QED) is 0.702. The summed E-state index contributed by atoms with van der Waals surface area (Å²) >= 11 is 0. The molecule has 0 aliphatic heterocycles. The maximum Gasteiger partial charge on any atom is 0.121 e. The monoisotopic (exact) mass is 151 g/mol. The lowest BCUT2D eigenvalue weighted by atomic mass is 10.1. The molecule has 1 aromatic heterocycles. The maximum absolute atomic E-state index is 5.92. The van der Waals surface area contributed by atoms with Gasteiger partial charge in [-0.1, -0.05) is 0 Å². The third kappa shape index (κ3) is 1.31. The van der Waals surface area contributed by atoms with Gasteiger partial charge in [0.2, 0.25) is 0 Å². The van der Waals surface area contributed by atoms with E-state index in [2.05, 4.69) is 0 Å². The van der Waals surface area contributed by atoms with Crippen molar-refractivity contribution in [1.82, 2.24) is 0 Å². The first-order valence-corrected chi connectivity index (χ1v) is 4.09. The molecule has 1 aliphatic carbocycles. The Hall–Kier alpha value is -0.760. The molecular formula is C9H13NO. The molecule has 1 aliphatic rings. The van der Waals surface area contributed by atoms with Crippen molar-refractivity contribution in [1.29, 1.82) is 0 Å². The van der Waals surface area contributed by atoms with E-state index in [9.17, 15) is 0 Å². The minimum absolute atomic E-state index is 0.142. The normalized spacial score (nSPS) is 20.2. The van der Waals surface area contributed by atoms with Gasteiger partial charge in [-0.3, -0.25) is 0 Å². The molecule has 11 heavy (non-hydrogen) atoms. The molecule has 1 fully saturated rings. The third-order valence-corrected chi connectivity index (χ3v) is 2.22. The largest absolute Gasteiger partial charge is 0.465 e. The zero-order valence-corrected chi connectivity index (χ0v) is 6.71. The lowest BCUT2D eigenvalue weighted by Gasteiger charge is -2.04. The third-order valence-electron chi connectivity index (χ3n) is 2.22. The van der Waals surface area contributed by atoms with E-state index in [1.165, 1.54) is 12.8 Å². The summed E-state index contributed by atoms with van der Waals surface area (Å²) in [6.07, 6.45) is 2.53. The van der Waals surface area contributed by atoms with E-state index >= 15 is 0 Å². The minimum Gasteiger partial charge on any atom is -0.465 e. The molecule has 60 valence electrons. The average molecular weight is 151 g/mol. The Morgan fingerprint density at radius 1 is 1.55 bits per heavy atom. The summed E-state index contributed by atoms with van der Waals surface area (Å²) in [7, 11) is 0. The SMILES string of the molecule is Cc1ccc([C@@H](N)C2CC2)o1. The van der Waals surface area contributed by atoms with Crippen molar-refractivity contribution in [2.45, 2.75) is 25.8 Å². The zero-order valence-electron chi connectivity index (χ0n) is 6.71. The summed E-state index contributed by atoms with van der Waals surface area (Å²) in [6.45, 7) is 1.95. The lowest BCUT2D eigenvalue weighted by Crippen LogP contribution is -2.10. The summed E-state index contributed by atoms with van der Waals surface area (Å²) < 4.78 is 5.42. The van der Waals surface area contributed by atoms with Gasteiger partial charge in [0.15, 0.2) is 0 Å². The van der Waals surface area contributed by atoms with Crippen LogP contribution in [0.2, 0.25) is 0 Å². The predicted octanol–water partition coefficient (Wildman–Crippen LogP) is 2.00. The maximum atomic E-state index is 5.92. The highest BCUT2D eigenvalue weighted by Crippen LogP contribution is 2.39. The summed E-state index contributed by atoms with van der Waals surface area (Å²) in [5, 5.41) is 0. The first kappa shape index (κ1) is 6.92. The Morgan fingerprint density at radius 2 is 2.27 bits per heavy atom. The van der Waals surface area contributed by atoms with E-state index in [4.69, 9.17) is 10.2 Å². The topological polar surface area (TPSA) is 39.2 Å². The Kier molecular flexibility index (Phi) is 1.50. The number of furan rings is 1. The van der Waals surface area contributed by atoms with Crippen LogP contribution in [-0.4, -0.2) is 0 Å². The second kappa shape index (κ2) is 2.38. The Labute approximate surface area is 66.4 Å². The van der Waals surface area contributed by atoms with Crippen LogP contribution >= 0.6 is 0 Å². The fraction of sp³-hybridized carbons (Fsp3) is 0.556. The van der Waals surface area contributed by atoms with Gasteiger partial charge in [-0.15, -0.1) is 0 Å². The molecule has 1 heterocycles. The molecule has 2 N–H and O–H groups in total. The molecular weight excluding hydrogens is 138 g/mol. The van der Waals surface area contributed by atoms with Gasteiger partial charge in [-0.25, -0.2) is 0 Å². The van der Waals surface area contributed by atoms with Crippen LogP contribution in [0.5, 0.6) is 0 Å². The van der Waals surface area contributed by atoms with Gasteiger partial charge < -0.3 is 10.2 Å². The zero-order chi connectivity index (χ0) is 7.84. The Bertz CT molecular complexity index is 250. The van der Waals surface area contributed by atoms with Crippen LogP contribution in [0.25, 0.3) is 0 Å². The highest BCUT2D eigenvalue weighted by Gasteiger charge is 2.31. The second-order valence-corrected chi connectivity index (χ2v) is 3.31. The van der Waals surface area contributed by atoms with Crippen molar-refractivity contribution in [3.63, 3.8) is 0 Å². The van der Waals surface area contributed by atoms with Crippen molar-refractivity contribution < 1.29 is 4.42 Å². The number of rotatable bonds is 2. The number of nitrogens with two attached hydrogens (primary N) is 1. The summed E-state index contributed by atoms with van der Waals surface area (Å²) in [6, 6.07) is 4.10. The molecule has 0 radical (unpaired) electrons. The molecule has 0 unspecified atom stereocenters. The molecule has 1 aromatic rings. The van der Waals surface area contributed by atoms with Crippen molar-refractivity contribution in [3.8, 4) is 0 Å². The van der Waals surface area contributed by atoms with E-state index in [1.54, 1.807) is 0 Å². The molecule has 1 saturated carbocycles. The average Bonchev–Trinajstić information content (AvgIpc) is 2.74. The Morgan fingerprint density at radius 3 is 2.73 bits per heavy atom.